The molecule has 2 aromatic rings. The lowest BCUT2D eigenvalue weighted by Gasteiger charge is -2.14. The first-order valence-electron chi connectivity index (χ1n) is 9.19. The molecule has 0 bridgehead atoms. The summed E-state index contributed by atoms with van der Waals surface area (Å²) in [5, 5.41) is 19.5. The van der Waals surface area contributed by atoms with E-state index in [1.165, 1.54) is 24.0 Å². The van der Waals surface area contributed by atoms with Gasteiger partial charge < -0.3 is 21.1 Å². The van der Waals surface area contributed by atoms with Crippen LogP contribution in [0.5, 0.6) is 5.75 Å². The molecule has 2 aromatic heterocycles. The van der Waals surface area contributed by atoms with Gasteiger partial charge in [0, 0.05) is 24.9 Å². The molecule has 0 aliphatic heterocycles. The lowest BCUT2D eigenvalue weighted by Crippen LogP contribution is -2.15. The van der Waals surface area contributed by atoms with Gasteiger partial charge in [-0.25, -0.2) is 9.97 Å². The summed E-state index contributed by atoms with van der Waals surface area (Å²) < 4.78 is 0. The van der Waals surface area contributed by atoms with Gasteiger partial charge in [0.15, 0.2) is 0 Å². The second-order valence-electron chi connectivity index (χ2n) is 6.16. The number of nitrogens with one attached hydrogen (secondary N) is 3. The second-order valence-corrected chi connectivity index (χ2v) is 7.30. The molecule has 0 unspecified atom stereocenters. The number of allylic oxidation sites excluding steroid dienone is 1. The summed E-state index contributed by atoms with van der Waals surface area (Å²) in [4.78, 5) is 25.8. The molecular weight excluding hydrogens is 388 g/mol. The Kier molecular flexibility index (Phi) is 8.02. The summed E-state index contributed by atoms with van der Waals surface area (Å²) in [7, 11) is 0. The molecule has 2 rings (SSSR count). The number of aromatic hydroxyl groups is 1. The quantitative estimate of drug-likeness (QED) is 0.452. The Bertz CT molecular complexity index is 909. The van der Waals surface area contributed by atoms with Crippen molar-refractivity contribution in [2.75, 3.05) is 22.5 Å². The Morgan fingerprint density at radius 1 is 1.28 bits per heavy atom. The molecule has 0 atom stereocenters. The molecule has 29 heavy (non-hydrogen) atoms. The van der Waals surface area contributed by atoms with Gasteiger partial charge in [-0.1, -0.05) is 31.3 Å². The SMILES string of the molecule is C=C(Nc1cc(NCCC)nc(C)n1)S/C(=C\C)C(=O)Nc1c(O)ccnc1C. The fraction of sp³-hybridized carbons (Fsp3) is 0.300. The molecule has 2 heterocycles. The molecule has 0 radical (unpaired) electrons. The number of pyridine rings is 1. The first-order valence-corrected chi connectivity index (χ1v) is 10.0. The fourth-order valence-electron chi connectivity index (χ4n) is 2.40. The van der Waals surface area contributed by atoms with Crippen LogP contribution in [0.4, 0.5) is 17.3 Å². The van der Waals surface area contributed by atoms with Gasteiger partial charge in [-0.2, -0.15) is 0 Å². The zero-order chi connectivity index (χ0) is 21.4. The topological polar surface area (TPSA) is 112 Å². The molecule has 1 amide bonds. The molecular formula is C20H26N6O2S. The average molecular weight is 415 g/mol. The smallest absolute Gasteiger partial charge is 0.262 e. The number of anilines is 3. The van der Waals surface area contributed by atoms with Crippen LogP contribution in [0.2, 0.25) is 0 Å². The molecule has 8 nitrogen and oxygen atoms in total. The summed E-state index contributed by atoms with van der Waals surface area (Å²) in [5.41, 5.74) is 0.813. The first-order chi connectivity index (χ1) is 13.8. The van der Waals surface area contributed by atoms with Crippen molar-refractivity contribution in [3.05, 3.63) is 52.4 Å². The largest absolute Gasteiger partial charge is 0.506 e. The van der Waals surface area contributed by atoms with Crippen molar-refractivity contribution in [1.29, 1.82) is 0 Å². The maximum absolute atomic E-state index is 12.6. The number of nitrogens with zero attached hydrogens (tertiary/aromatic N) is 3. The zero-order valence-corrected chi connectivity index (χ0v) is 17.9. The van der Waals surface area contributed by atoms with Crippen LogP contribution in [0.3, 0.4) is 0 Å². The van der Waals surface area contributed by atoms with Gasteiger partial charge in [0.05, 0.1) is 15.6 Å². The van der Waals surface area contributed by atoms with Crippen molar-refractivity contribution < 1.29 is 9.90 Å². The summed E-state index contributed by atoms with van der Waals surface area (Å²) in [5.74, 6) is 1.54. The monoisotopic (exact) mass is 414 g/mol. The lowest BCUT2D eigenvalue weighted by molar-refractivity contribution is -0.112. The maximum Gasteiger partial charge on any atom is 0.262 e. The van der Waals surface area contributed by atoms with Crippen LogP contribution in [0.1, 0.15) is 31.8 Å². The highest BCUT2D eigenvalue weighted by atomic mass is 32.2. The van der Waals surface area contributed by atoms with E-state index in [2.05, 4.69) is 44.4 Å². The number of rotatable bonds is 9. The predicted octanol–water partition coefficient (Wildman–Crippen LogP) is 4.17. The van der Waals surface area contributed by atoms with Gasteiger partial charge in [-0.15, -0.1) is 0 Å². The van der Waals surface area contributed by atoms with E-state index in [0.29, 0.717) is 27.3 Å². The van der Waals surface area contributed by atoms with Crippen molar-refractivity contribution in [2.45, 2.75) is 34.1 Å². The van der Waals surface area contributed by atoms with E-state index in [0.717, 1.165) is 18.8 Å². The van der Waals surface area contributed by atoms with Crippen LogP contribution in [0.25, 0.3) is 0 Å². The van der Waals surface area contributed by atoms with E-state index in [1.807, 2.05) is 6.92 Å². The summed E-state index contributed by atoms with van der Waals surface area (Å²) in [6, 6.07) is 3.22. The van der Waals surface area contributed by atoms with Gasteiger partial charge in [-0.05, 0) is 27.2 Å². The standard InChI is InChI=1S/C20H26N6O2S/c1-6-9-22-17-11-18(24-13(4)23-17)25-14(5)29-16(7-2)20(28)26-19-12(3)21-10-8-15(19)27/h7-8,10-11H,5-6,9H2,1-4H3,(H,21,27)(H,26,28)(H2,22,23,24,25)/b16-7-. The highest BCUT2D eigenvalue weighted by Gasteiger charge is 2.15. The van der Waals surface area contributed by atoms with Crippen LogP contribution in [0.15, 0.2) is 40.9 Å². The van der Waals surface area contributed by atoms with Crippen LogP contribution in [0, 0.1) is 13.8 Å². The Hall–Kier alpha value is -3.07. The van der Waals surface area contributed by atoms with Gasteiger partial charge in [-0.3, -0.25) is 9.78 Å². The fourth-order valence-corrected chi connectivity index (χ4v) is 3.08. The van der Waals surface area contributed by atoms with Gasteiger partial charge in [0.1, 0.15) is 28.9 Å². The molecule has 9 heteroatoms. The van der Waals surface area contributed by atoms with Crippen molar-refractivity contribution in [3.8, 4) is 5.75 Å². The van der Waals surface area contributed by atoms with Crippen molar-refractivity contribution >= 4 is 35.0 Å². The number of carbonyl (C=O) groups is 1. The minimum Gasteiger partial charge on any atom is -0.506 e. The third-order valence-corrected chi connectivity index (χ3v) is 4.73. The first kappa shape index (κ1) is 22.2. The number of aryl methyl sites for hydroxylation is 2. The van der Waals surface area contributed by atoms with E-state index in [9.17, 15) is 9.90 Å². The molecule has 0 fully saturated rings. The van der Waals surface area contributed by atoms with E-state index in [1.54, 1.807) is 26.0 Å². The molecule has 0 spiro atoms. The second kappa shape index (κ2) is 10.5. The Morgan fingerprint density at radius 2 is 2.00 bits per heavy atom. The maximum atomic E-state index is 12.6. The van der Waals surface area contributed by atoms with E-state index < -0.39 is 0 Å². The number of aromatic nitrogens is 3. The van der Waals surface area contributed by atoms with Gasteiger partial charge in [0.25, 0.3) is 5.91 Å². The van der Waals surface area contributed by atoms with Crippen LogP contribution in [-0.4, -0.2) is 32.5 Å². The van der Waals surface area contributed by atoms with Crippen LogP contribution < -0.4 is 16.0 Å². The Labute approximate surface area is 175 Å². The molecule has 0 aliphatic carbocycles. The Morgan fingerprint density at radius 3 is 2.66 bits per heavy atom. The molecule has 0 saturated carbocycles. The lowest BCUT2D eigenvalue weighted by atomic mass is 10.3. The van der Waals surface area contributed by atoms with Crippen LogP contribution in [-0.2, 0) is 4.79 Å². The molecule has 154 valence electrons. The van der Waals surface area contributed by atoms with Crippen molar-refractivity contribution in [2.24, 2.45) is 0 Å². The number of thioether (sulfide) groups is 1. The zero-order valence-electron chi connectivity index (χ0n) is 17.0. The molecule has 0 saturated heterocycles. The number of amides is 1. The number of hydrogen-bond donors (Lipinski definition) is 4. The van der Waals surface area contributed by atoms with E-state index >= 15 is 0 Å². The van der Waals surface area contributed by atoms with Gasteiger partial charge in [0.2, 0.25) is 0 Å². The number of carbonyl (C=O) groups excluding carboxylic acids is 1. The molecule has 4 N–H and O–H groups in total. The third-order valence-electron chi connectivity index (χ3n) is 3.74. The minimum atomic E-state index is -0.365. The van der Waals surface area contributed by atoms with E-state index in [4.69, 9.17) is 0 Å². The summed E-state index contributed by atoms with van der Waals surface area (Å²) in [6.07, 6.45) is 4.14. The van der Waals surface area contributed by atoms with Gasteiger partial charge >= 0.3 is 0 Å². The summed E-state index contributed by atoms with van der Waals surface area (Å²) >= 11 is 1.17. The number of hydrogen-bond acceptors (Lipinski definition) is 8. The third kappa shape index (κ3) is 6.49. The molecule has 0 aromatic carbocycles. The highest BCUT2D eigenvalue weighted by Crippen LogP contribution is 2.29. The highest BCUT2D eigenvalue weighted by molar-refractivity contribution is 8.07. The van der Waals surface area contributed by atoms with Crippen LogP contribution >= 0.6 is 11.8 Å². The Balaban J connectivity index is 2.05. The minimum absolute atomic E-state index is 0.0353. The molecule has 0 aliphatic rings. The summed E-state index contributed by atoms with van der Waals surface area (Å²) in [6.45, 7) is 12.1. The van der Waals surface area contributed by atoms with Crippen molar-refractivity contribution in [3.63, 3.8) is 0 Å². The normalized spacial score (nSPS) is 11.1. The van der Waals surface area contributed by atoms with E-state index in [-0.39, 0.29) is 17.3 Å². The average Bonchev–Trinajstić information content (AvgIpc) is 2.66. The van der Waals surface area contributed by atoms with Crippen molar-refractivity contribution in [1.82, 2.24) is 15.0 Å². The predicted molar refractivity (Wildman–Crippen MR) is 119 cm³/mol.